The topological polar surface area (TPSA) is 79.3 Å². The average molecular weight is 450 g/mol. The highest BCUT2D eigenvalue weighted by molar-refractivity contribution is 5.96. The molecule has 2 aromatic carbocycles. The molecule has 3 aromatic rings. The van der Waals surface area contributed by atoms with Crippen LogP contribution in [-0.4, -0.2) is 40.7 Å². The van der Waals surface area contributed by atoms with E-state index in [1.165, 1.54) is 31.2 Å². The van der Waals surface area contributed by atoms with Gasteiger partial charge in [-0.1, -0.05) is 6.07 Å². The molecule has 0 aliphatic carbocycles. The van der Waals surface area contributed by atoms with Crippen molar-refractivity contribution in [2.75, 3.05) is 23.3 Å². The van der Waals surface area contributed by atoms with Gasteiger partial charge in [-0.25, -0.2) is 9.07 Å². The summed E-state index contributed by atoms with van der Waals surface area (Å²) in [7, 11) is 0. The molecule has 1 aromatic heterocycles. The SMILES string of the molecule is Cc1c(C(=O)NC(C)CC(=O)Nc2cccc(N3CCCC3)c2)cnn1-c1ccc(F)cc1. The molecule has 172 valence electrons. The number of halogens is 1. The molecule has 0 bridgehead atoms. The first-order valence-electron chi connectivity index (χ1n) is 11.2. The van der Waals surface area contributed by atoms with Crippen LogP contribution in [0.1, 0.15) is 42.2 Å². The van der Waals surface area contributed by atoms with Crippen LogP contribution in [-0.2, 0) is 4.79 Å². The van der Waals surface area contributed by atoms with Crippen LogP contribution >= 0.6 is 0 Å². The Morgan fingerprint density at radius 3 is 2.55 bits per heavy atom. The molecule has 1 atom stereocenters. The van der Waals surface area contributed by atoms with E-state index in [9.17, 15) is 14.0 Å². The number of aromatic nitrogens is 2. The fourth-order valence-electron chi connectivity index (χ4n) is 4.07. The van der Waals surface area contributed by atoms with Crippen molar-refractivity contribution in [3.63, 3.8) is 0 Å². The highest BCUT2D eigenvalue weighted by Crippen LogP contribution is 2.23. The standard InChI is InChI=1S/C25H28FN5O2/c1-17(14-24(32)29-20-6-5-7-22(15-20)30-12-3-4-13-30)28-25(33)23-16-27-31(18(23)2)21-10-8-19(26)9-11-21/h5-11,15-17H,3-4,12-14H2,1-2H3,(H,28,33)(H,29,32). The zero-order valence-corrected chi connectivity index (χ0v) is 18.8. The third kappa shape index (κ3) is 5.39. The van der Waals surface area contributed by atoms with E-state index in [1.807, 2.05) is 18.2 Å². The monoisotopic (exact) mass is 449 g/mol. The van der Waals surface area contributed by atoms with Crippen molar-refractivity contribution < 1.29 is 14.0 Å². The van der Waals surface area contributed by atoms with E-state index in [0.717, 1.165) is 24.5 Å². The fraction of sp³-hybridized carbons (Fsp3) is 0.320. The van der Waals surface area contributed by atoms with Gasteiger partial charge in [0.15, 0.2) is 0 Å². The van der Waals surface area contributed by atoms with Crippen molar-refractivity contribution in [3.05, 3.63) is 71.8 Å². The smallest absolute Gasteiger partial charge is 0.254 e. The van der Waals surface area contributed by atoms with Gasteiger partial charge in [-0.3, -0.25) is 9.59 Å². The molecule has 7 nitrogen and oxygen atoms in total. The Labute approximate surface area is 192 Å². The lowest BCUT2D eigenvalue weighted by Gasteiger charge is -2.19. The minimum atomic E-state index is -0.368. The van der Waals surface area contributed by atoms with E-state index < -0.39 is 0 Å². The van der Waals surface area contributed by atoms with Crippen LogP contribution in [0.4, 0.5) is 15.8 Å². The molecule has 1 aliphatic rings. The number of hydrogen-bond acceptors (Lipinski definition) is 4. The first kappa shape index (κ1) is 22.5. The zero-order chi connectivity index (χ0) is 23.4. The number of amides is 2. The van der Waals surface area contributed by atoms with Crippen LogP contribution in [0.5, 0.6) is 0 Å². The minimum absolute atomic E-state index is 0.144. The van der Waals surface area contributed by atoms with Gasteiger partial charge >= 0.3 is 0 Å². The summed E-state index contributed by atoms with van der Waals surface area (Å²) in [5.74, 6) is -0.811. The maximum atomic E-state index is 13.2. The van der Waals surface area contributed by atoms with Gasteiger partial charge in [-0.15, -0.1) is 0 Å². The molecular weight excluding hydrogens is 421 g/mol. The van der Waals surface area contributed by atoms with Crippen molar-refractivity contribution in [2.24, 2.45) is 0 Å². The van der Waals surface area contributed by atoms with Crippen molar-refractivity contribution in [2.45, 2.75) is 39.2 Å². The number of benzene rings is 2. The predicted molar refractivity (Wildman–Crippen MR) is 126 cm³/mol. The first-order valence-corrected chi connectivity index (χ1v) is 11.2. The Morgan fingerprint density at radius 1 is 1.09 bits per heavy atom. The van der Waals surface area contributed by atoms with E-state index in [2.05, 4.69) is 26.7 Å². The van der Waals surface area contributed by atoms with Crippen molar-refractivity contribution in [1.82, 2.24) is 15.1 Å². The molecule has 0 spiro atoms. The van der Waals surface area contributed by atoms with Crippen LogP contribution in [0.2, 0.25) is 0 Å². The van der Waals surface area contributed by atoms with E-state index in [-0.39, 0.29) is 30.1 Å². The summed E-state index contributed by atoms with van der Waals surface area (Å²) in [6, 6.07) is 13.4. The van der Waals surface area contributed by atoms with E-state index >= 15 is 0 Å². The Morgan fingerprint density at radius 2 is 1.82 bits per heavy atom. The van der Waals surface area contributed by atoms with Crippen molar-refractivity contribution >= 4 is 23.2 Å². The lowest BCUT2D eigenvalue weighted by molar-refractivity contribution is -0.116. The Bertz CT molecular complexity index is 1140. The maximum absolute atomic E-state index is 13.2. The van der Waals surface area contributed by atoms with E-state index in [1.54, 1.807) is 30.7 Å². The zero-order valence-electron chi connectivity index (χ0n) is 18.8. The summed E-state index contributed by atoms with van der Waals surface area (Å²) in [6.45, 7) is 5.64. The molecule has 1 unspecified atom stereocenters. The molecule has 1 fully saturated rings. The number of carbonyl (C=O) groups is 2. The van der Waals surface area contributed by atoms with Crippen LogP contribution in [0.15, 0.2) is 54.7 Å². The minimum Gasteiger partial charge on any atom is -0.371 e. The summed E-state index contributed by atoms with van der Waals surface area (Å²) < 4.78 is 14.8. The van der Waals surface area contributed by atoms with Gasteiger partial charge in [0.25, 0.3) is 5.91 Å². The number of rotatable bonds is 7. The Balaban J connectivity index is 1.33. The molecule has 0 saturated carbocycles. The van der Waals surface area contributed by atoms with Crippen LogP contribution in [0.25, 0.3) is 5.69 Å². The van der Waals surface area contributed by atoms with Crippen LogP contribution in [0, 0.1) is 12.7 Å². The van der Waals surface area contributed by atoms with E-state index in [4.69, 9.17) is 0 Å². The summed E-state index contributed by atoms with van der Waals surface area (Å²) in [4.78, 5) is 27.6. The lowest BCUT2D eigenvalue weighted by atomic mass is 10.1. The highest BCUT2D eigenvalue weighted by Gasteiger charge is 2.19. The normalized spacial score (nSPS) is 14.2. The number of carbonyl (C=O) groups excluding carboxylic acids is 2. The lowest BCUT2D eigenvalue weighted by Crippen LogP contribution is -2.35. The predicted octanol–water partition coefficient (Wildman–Crippen LogP) is 4.07. The molecule has 2 heterocycles. The van der Waals surface area contributed by atoms with Gasteiger partial charge in [0.2, 0.25) is 5.91 Å². The molecule has 33 heavy (non-hydrogen) atoms. The molecule has 0 radical (unpaired) electrons. The molecular formula is C25H28FN5O2. The second kappa shape index (κ2) is 9.85. The number of hydrogen-bond donors (Lipinski definition) is 2. The summed E-state index contributed by atoms with van der Waals surface area (Å²) in [5.41, 5.74) is 3.57. The fourth-order valence-corrected chi connectivity index (χ4v) is 4.07. The Hall–Kier alpha value is -3.68. The average Bonchev–Trinajstić information content (AvgIpc) is 3.44. The van der Waals surface area contributed by atoms with Gasteiger partial charge in [0.1, 0.15) is 5.82 Å². The third-order valence-electron chi connectivity index (χ3n) is 5.80. The second-order valence-corrected chi connectivity index (χ2v) is 8.40. The van der Waals surface area contributed by atoms with Crippen molar-refractivity contribution in [1.29, 1.82) is 0 Å². The van der Waals surface area contributed by atoms with Crippen LogP contribution < -0.4 is 15.5 Å². The van der Waals surface area contributed by atoms with Gasteiger partial charge in [-0.05, 0) is 69.2 Å². The second-order valence-electron chi connectivity index (χ2n) is 8.40. The summed E-state index contributed by atoms with van der Waals surface area (Å²) >= 11 is 0. The molecule has 1 aliphatic heterocycles. The summed E-state index contributed by atoms with van der Waals surface area (Å²) in [6.07, 6.45) is 4.00. The number of nitrogens with zero attached hydrogens (tertiary/aromatic N) is 3. The van der Waals surface area contributed by atoms with E-state index in [0.29, 0.717) is 16.9 Å². The first-order chi connectivity index (χ1) is 15.9. The molecule has 2 N–H and O–H groups in total. The molecule has 8 heteroatoms. The van der Waals surface area contributed by atoms with Crippen molar-refractivity contribution in [3.8, 4) is 5.69 Å². The molecule has 1 saturated heterocycles. The number of nitrogens with one attached hydrogen (secondary N) is 2. The number of anilines is 2. The van der Waals surface area contributed by atoms with Gasteiger partial charge < -0.3 is 15.5 Å². The van der Waals surface area contributed by atoms with Gasteiger partial charge in [-0.2, -0.15) is 5.10 Å². The maximum Gasteiger partial charge on any atom is 0.254 e. The third-order valence-corrected chi connectivity index (χ3v) is 5.80. The largest absolute Gasteiger partial charge is 0.371 e. The van der Waals surface area contributed by atoms with Crippen LogP contribution in [0.3, 0.4) is 0 Å². The van der Waals surface area contributed by atoms with Gasteiger partial charge in [0.05, 0.1) is 23.1 Å². The summed E-state index contributed by atoms with van der Waals surface area (Å²) in [5, 5.41) is 10.0. The molecule has 4 rings (SSSR count). The highest BCUT2D eigenvalue weighted by atomic mass is 19.1. The Kier molecular flexibility index (Phi) is 6.72. The van der Waals surface area contributed by atoms with Gasteiger partial charge in [0, 0.05) is 36.9 Å². The quantitative estimate of drug-likeness (QED) is 0.570. The molecule has 2 amide bonds.